The lowest BCUT2D eigenvalue weighted by molar-refractivity contribution is 0.0859. The lowest BCUT2D eigenvalue weighted by Gasteiger charge is -2.51. The Morgan fingerprint density at radius 1 is 1.10 bits per heavy atom. The third kappa shape index (κ3) is 3.20. The summed E-state index contributed by atoms with van der Waals surface area (Å²) in [6.45, 7) is 4.64. The molecule has 2 rings (SSSR count). The van der Waals surface area contributed by atoms with Crippen LogP contribution in [0.4, 0.5) is 0 Å². The summed E-state index contributed by atoms with van der Waals surface area (Å²) in [5.41, 5.74) is 1.83. The molecule has 112 valence electrons. The van der Waals surface area contributed by atoms with E-state index < -0.39 is 0 Å². The predicted octanol–water partition coefficient (Wildman–Crippen LogP) is 5.13. The van der Waals surface area contributed by atoms with E-state index in [1.54, 1.807) is 0 Å². The third-order valence-electron chi connectivity index (χ3n) is 4.94. The molecule has 1 nitrogen and oxygen atoms in total. The first-order valence-corrected chi connectivity index (χ1v) is 8.26. The monoisotopic (exact) mass is 293 g/mol. The van der Waals surface area contributed by atoms with Gasteiger partial charge < -0.3 is 4.90 Å². The molecule has 0 bridgehead atoms. The van der Waals surface area contributed by atoms with Gasteiger partial charge in [-0.2, -0.15) is 0 Å². The molecule has 1 saturated carbocycles. The summed E-state index contributed by atoms with van der Waals surface area (Å²) < 4.78 is 0. The van der Waals surface area contributed by atoms with Gasteiger partial charge in [-0.25, -0.2) is 0 Å². The first kappa shape index (κ1) is 15.9. The van der Waals surface area contributed by atoms with E-state index >= 15 is 0 Å². The Kier molecular flexibility index (Phi) is 5.14. The SMILES string of the molecule is CC(C)CCC(N(C)C)C1(c2ccc(Cl)cc2)CCC1. The fraction of sp³-hybridized carbons (Fsp3) is 0.667. The molecule has 1 aliphatic carbocycles. The van der Waals surface area contributed by atoms with Crippen LogP contribution in [-0.4, -0.2) is 25.0 Å². The van der Waals surface area contributed by atoms with Gasteiger partial charge in [-0.1, -0.05) is 44.0 Å². The maximum absolute atomic E-state index is 6.06. The highest BCUT2D eigenvalue weighted by molar-refractivity contribution is 6.30. The molecule has 1 fully saturated rings. The van der Waals surface area contributed by atoms with E-state index in [1.807, 2.05) is 12.1 Å². The van der Waals surface area contributed by atoms with E-state index in [-0.39, 0.29) is 0 Å². The smallest absolute Gasteiger partial charge is 0.0406 e. The van der Waals surface area contributed by atoms with Crippen molar-refractivity contribution in [2.45, 2.75) is 57.4 Å². The quantitative estimate of drug-likeness (QED) is 0.703. The summed E-state index contributed by atoms with van der Waals surface area (Å²) in [6, 6.07) is 9.22. The van der Waals surface area contributed by atoms with Gasteiger partial charge in [-0.3, -0.25) is 0 Å². The largest absolute Gasteiger partial charge is 0.306 e. The Hall–Kier alpha value is -0.530. The fourth-order valence-electron chi connectivity index (χ4n) is 3.67. The zero-order valence-corrected chi connectivity index (χ0v) is 14.1. The second-order valence-corrected chi connectivity index (χ2v) is 7.40. The molecule has 0 N–H and O–H groups in total. The summed E-state index contributed by atoms with van der Waals surface area (Å²) in [6.07, 6.45) is 6.57. The molecule has 20 heavy (non-hydrogen) atoms. The summed E-state index contributed by atoms with van der Waals surface area (Å²) >= 11 is 6.06. The minimum atomic E-state index is 0.350. The van der Waals surface area contributed by atoms with Gasteiger partial charge >= 0.3 is 0 Å². The van der Waals surface area contributed by atoms with Crippen molar-refractivity contribution < 1.29 is 0 Å². The molecule has 0 saturated heterocycles. The lowest BCUT2D eigenvalue weighted by atomic mass is 9.59. The van der Waals surface area contributed by atoms with E-state index in [9.17, 15) is 0 Å². The van der Waals surface area contributed by atoms with Gasteiger partial charge in [0.1, 0.15) is 0 Å². The van der Waals surface area contributed by atoms with Crippen LogP contribution in [0.1, 0.15) is 51.5 Å². The van der Waals surface area contributed by atoms with Gasteiger partial charge in [-0.15, -0.1) is 0 Å². The van der Waals surface area contributed by atoms with Crippen molar-refractivity contribution >= 4 is 11.6 Å². The Bertz CT molecular complexity index is 418. The van der Waals surface area contributed by atoms with Gasteiger partial charge in [-0.05, 0) is 63.4 Å². The van der Waals surface area contributed by atoms with Gasteiger partial charge in [0.25, 0.3) is 0 Å². The van der Waals surface area contributed by atoms with E-state index in [2.05, 4.69) is 45.0 Å². The van der Waals surface area contributed by atoms with Gasteiger partial charge in [0.05, 0.1) is 0 Å². The van der Waals surface area contributed by atoms with Crippen molar-refractivity contribution in [3.05, 3.63) is 34.9 Å². The molecular formula is C18H28ClN. The molecule has 0 spiro atoms. The second-order valence-electron chi connectivity index (χ2n) is 6.97. The zero-order valence-electron chi connectivity index (χ0n) is 13.3. The maximum atomic E-state index is 6.06. The van der Waals surface area contributed by atoms with Crippen LogP contribution < -0.4 is 0 Å². The Labute approximate surface area is 129 Å². The number of likely N-dealkylation sites (N-methyl/N-ethyl adjacent to an activating group) is 1. The summed E-state index contributed by atoms with van der Waals surface area (Å²) in [5, 5.41) is 0.840. The molecular weight excluding hydrogens is 266 g/mol. The molecule has 1 aromatic carbocycles. The van der Waals surface area contributed by atoms with Crippen molar-refractivity contribution in [2.75, 3.05) is 14.1 Å². The summed E-state index contributed by atoms with van der Waals surface area (Å²) in [4.78, 5) is 2.44. The van der Waals surface area contributed by atoms with Crippen LogP contribution in [0.5, 0.6) is 0 Å². The van der Waals surface area contributed by atoms with Crippen molar-refractivity contribution in [3.8, 4) is 0 Å². The van der Waals surface area contributed by atoms with Gasteiger partial charge in [0, 0.05) is 16.5 Å². The number of hydrogen-bond acceptors (Lipinski definition) is 1. The van der Waals surface area contributed by atoms with Gasteiger partial charge in [0.2, 0.25) is 0 Å². The molecule has 1 atom stereocenters. The Morgan fingerprint density at radius 3 is 2.10 bits per heavy atom. The van der Waals surface area contributed by atoms with Crippen LogP contribution in [0.3, 0.4) is 0 Å². The minimum absolute atomic E-state index is 0.350. The lowest BCUT2D eigenvalue weighted by Crippen LogP contribution is -2.52. The Balaban J connectivity index is 2.24. The topological polar surface area (TPSA) is 3.24 Å². The number of hydrogen-bond donors (Lipinski definition) is 0. The highest BCUT2D eigenvalue weighted by atomic mass is 35.5. The van der Waals surface area contributed by atoms with E-state index in [0.29, 0.717) is 11.5 Å². The molecule has 0 aliphatic heterocycles. The van der Waals surface area contributed by atoms with E-state index in [1.165, 1.54) is 37.7 Å². The van der Waals surface area contributed by atoms with Crippen LogP contribution in [0.2, 0.25) is 5.02 Å². The molecule has 0 heterocycles. The summed E-state index contributed by atoms with van der Waals surface area (Å²) in [7, 11) is 4.47. The van der Waals surface area contributed by atoms with Crippen molar-refractivity contribution in [1.29, 1.82) is 0 Å². The maximum Gasteiger partial charge on any atom is 0.0406 e. The zero-order chi connectivity index (χ0) is 14.8. The first-order valence-electron chi connectivity index (χ1n) is 7.88. The number of nitrogens with zero attached hydrogens (tertiary/aromatic N) is 1. The molecule has 1 aromatic rings. The second kappa shape index (κ2) is 6.49. The van der Waals surface area contributed by atoms with Crippen LogP contribution in [0.15, 0.2) is 24.3 Å². The van der Waals surface area contributed by atoms with Crippen LogP contribution in [-0.2, 0) is 5.41 Å². The van der Waals surface area contributed by atoms with Crippen molar-refractivity contribution in [3.63, 3.8) is 0 Å². The molecule has 0 radical (unpaired) electrons. The number of rotatable bonds is 6. The normalized spacial score (nSPS) is 19.1. The van der Waals surface area contributed by atoms with Crippen molar-refractivity contribution in [2.24, 2.45) is 5.92 Å². The minimum Gasteiger partial charge on any atom is -0.306 e. The number of benzene rings is 1. The van der Waals surface area contributed by atoms with E-state index in [0.717, 1.165) is 10.9 Å². The highest BCUT2D eigenvalue weighted by Crippen LogP contribution is 2.49. The standard InChI is InChI=1S/C18H28ClN/c1-14(2)6-11-17(20(3)4)18(12-5-13-18)15-7-9-16(19)10-8-15/h7-10,14,17H,5-6,11-13H2,1-4H3. The molecule has 0 aromatic heterocycles. The first-order chi connectivity index (χ1) is 9.45. The fourth-order valence-corrected chi connectivity index (χ4v) is 3.80. The van der Waals surface area contributed by atoms with E-state index in [4.69, 9.17) is 11.6 Å². The molecule has 1 unspecified atom stereocenters. The van der Waals surface area contributed by atoms with Crippen LogP contribution >= 0.6 is 11.6 Å². The third-order valence-corrected chi connectivity index (χ3v) is 5.20. The van der Waals surface area contributed by atoms with Crippen molar-refractivity contribution in [1.82, 2.24) is 4.90 Å². The summed E-state index contributed by atoms with van der Waals surface area (Å²) in [5.74, 6) is 0.778. The molecule has 1 aliphatic rings. The molecule has 0 amide bonds. The average Bonchev–Trinajstić information content (AvgIpc) is 2.33. The van der Waals surface area contributed by atoms with Crippen LogP contribution in [0.25, 0.3) is 0 Å². The molecule has 2 heteroatoms. The number of halogens is 1. The highest BCUT2D eigenvalue weighted by Gasteiger charge is 2.45. The van der Waals surface area contributed by atoms with Crippen LogP contribution in [0, 0.1) is 5.92 Å². The average molecular weight is 294 g/mol. The predicted molar refractivity (Wildman–Crippen MR) is 88.5 cm³/mol. The Morgan fingerprint density at radius 2 is 1.70 bits per heavy atom. The van der Waals surface area contributed by atoms with Gasteiger partial charge in [0.15, 0.2) is 0 Å².